The van der Waals surface area contributed by atoms with Gasteiger partial charge in [-0.2, -0.15) is 0 Å². The first-order valence-electron chi connectivity index (χ1n) is 10.1. The lowest BCUT2D eigenvalue weighted by atomic mass is 10.0. The van der Waals surface area contributed by atoms with Crippen LogP contribution in [-0.4, -0.2) is 54.2 Å². The van der Waals surface area contributed by atoms with E-state index in [-0.39, 0.29) is 22.5 Å². The summed E-state index contributed by atoms with van der Waals surface area (Å²) in [6.07, 6.45) is 0. The monoisotopic (exact) mass is 459 g/mol. The fourth-order valence-corrected chi connectivity index (χ4v) is 3.87. The van der Waals surface area contributed by atoms with E-state index in [0.717, 1.165) is 0 Å². The number of oxazole rings is 1. The molecule has 0 spiro atoms. The van der Waals surface area contributed by atoms with Gasteiger partial charge < -0.3 is 23.6 Å². The van der Waals surface area contributed by atoms with Crippen molar-refractivity contribution in [3.05, 3.63) is 59.4 Å². The standard InChI is InChI=1S/C24H17N3O7/c1-31-22(28)12-9-14(23(29)32-2)26-18-16(12)17-13(10-15(25-17)24(30)33-3)20-19(18)27-21(34-20)11-7-5-4-6-8-11/h4-10,26H,1-3H3. The van der Waals surface area contributed by atoms with Gasteiger partial charge in [0, 0.05) is 16.3 Å². The van der Waals surface area contributed by atoms with Crippen LogP contribution >= 0.6 is 0 Å². The maximum Gasteiger partial charge on any atom is 0.356 e. The van der Waals surface area contributed by atoms with E-state index in [1.165, 1.54) is 33.5 Å². The minimum Gasteiger partial charge on any atom is -0.465 e. The molecule has 0 saturated carbocycles. The van der Waals surface area contributed by atoms with Crippen molar-refractivity contribution in [1.29, 1.82) is 0 Å². The molecule has 0 atom stereocenters. The third kappa shape index (κ3) is 3.15. The highest BCUT2D eigenvalue weighted by atomic mass is 16.5. The predicted molar refractivity (Wildman–Crippen MR) is 121 cm³/mol. The maximum absolute atomic E-state index is 12.7. The molecule has 1 N–H and O–H groups in total. The van der Waals surface area contributed by atoms with Crippen LogP contribution in [0.3, 0.4) is 0 Å². The number of nitrogens with one attached hydrogen (secondary N) is 1. The molecular formula is C24H17N3O7. The summed E-state index contributed by atoms with van der Waals surface area (Å²) >= 11 is 0. The number of benzene rings is 2. The Balaban J connectivity index is 1.99. The highest BCUT2D eigenvalue weighted by molar-refractivity contribution is 6.26. The molecule has 0 radical (unpaired) electrons. The Hall–Kier alpha value is -4.73. The Morgan fingerprint density at radius 3 is 2.24 bits per heavy atom. The SMILES string of the molecule is COC(=O)c1cc2c(n1)c1c(C(=O)OC)cc(C(=O)OC)[nH]c1c1nc(-c3ccccc3)oc21. The summed E-state index contributed by atoms with van der Waals surface area (Å²) in [5.41, 5.74) is 2.02. The lowest BCUT2D eigenvalue weighted by Crippen LogP contribution is -2.10. The number of pyridine rings is 1. The molecule has 5 rings (SSSR count). The van der Waals surface area contributed by atoms with Gasteiger partial charge in [-0.05, 0) is 24.3 Å². The smallest absolute Gasteiger partial charge is 0.356 e. The van der Waals surface area contributed by atoms with Crippen molar-refractivity contribution in [3.63, 3.8) is 0 Å². The van der Waals surface area contributed by atoms with Gasteiger partial charge in [0.05, 0.1) is 37.9 Å². The number of carbonyl (C=O) groups excluding carboxylic acids is 3. The first-order valence-corrected chi connectivity index (χ1v) is 10.1. The van der Waals surface area contributed by atoms with Crippen molar-refractivity contribution in [2.45, 2.75) is 0 Å². The molecule has 2 aromatic carbocycles. The zero-order chi connectivity index (χ0) is 24.0. The number of hydrogen-bond donors (Lipinski definition) is 1. The quantitative estimate of drug-likeness (QED) is 0.314. The number of carbonyl (C=O) groups is 3. The first kappa shape index (κ1) is 21.1. The number of methoxy groups -OCH3 is 3. The number of hydrogen-bond acceptors (Lipinski definition) is 9. The van der Waals surface area contributed by atoms with E-state index in [4.69, 9.17) is 18.6 Å². The number of aromatic amines is 1. The van der Waals surface area contributed by atoms with Crippen molar-refractivity contribution >= 4 is 50.8 Å². The largest absolute Gasteiger partial charge is 0.465 e. The summed E-state index contributed by atoms with van der Waals surface area (Å²) in [4.78, 5) is 49.4. The minimum atomic E-state index is -0.709. The van der Waals surface area contributed by atoms with Crippen LogP contribution in [0.5, 0.6) is 0 Å². The van der Waals surface area contributed by atoms with Crippen molar-refractivity contribution in [1.82, 2.24) is 15.0 Å². The van der Waals surface area contributed by atoms with Crippen molar-refractivity contribution in [2.24, 2.45) is 0 Å². The molecule has 3 aromatic heterocycles. The zero-order valence-corrected chi connectivity index (χ0v) is 18.3. The van der Waals surface area contributed by atoms with E-state index in [2.05, 4.69) is 15.0 Å². The predicted octanol–water partition coefficient (Wildman–Crippen LogP) is 3.88. The van der Waals surface area contributed by atoms with Crippen molar-refractivity contribution < 1.29 is 33.0 Å². The van der Waals surface area contributed by atoms with E-state index < -0.39 is 17.9 Å². The van der Waals surface area contributed by atoms with Gasteiger partial charge in [-0.15, -0.1) is 0 Å². The number of rotatable bonds is 4. The van der Waals surface area contributed by atoms with Crippen LogP contribution in [0.1, 0.15) is 31.3 Å². The Morgan fingerprint density at radius 1 is 0.853 bits per heavy atom. The highest BCUT2D eigenvalue weighted by Crippen LogP contribution is 2.38. The summed E-state index contributed by atoms with van der Waals surface area (Å²) < 4.78 is 20.7. The van der Waals surface area contributed by atoms with E-state index in [1.807, 2.05) is 30.3 Å². The molecule has 3 heterocycles. The maximum atomic E-state index is 12.7. The lowest BCUT2D eigenvalue weighted by Gasteiger charge is -2.10. The van der Waals surface area contributed by atoms with E-state index >= 15 is 0 Å². The van der Waals surface area contributed by atoms with Gasteiger partial charge in [-0.25, -0.2) is 24.4 Å². The Bertz CT molecular complexity index is 1620. The van der Waals surface area contributed by atoms with Crippen LogP contribution in [0.25, 0.3) is 44.4 Å². The molecule has 0 aliphatic heterocycles. The summed E-state index contributed by atoms with van der Waals surface area (Å²) in [5, 5.41) is 0.757. The topological polar surface area (TPSA) is 134 Å². The molecule has 34 heavy (non-hydrogen) atoms. The average molecular weight is 459 g/mol. The van der Waals surface area contributed by atoms with Gasteiger partial charge in [0.1, 0.15) is 16.9 Å². The molecule has 0 aliphatic rings. The fraction of sp³-hybridized carbons (Fsp3) is 0.125. The number of aromatic nitrogens is 3. The number of esters is 3. The molecule has 10 nitrogen and oxygen atoms in total. The Labute approximate surface area is 191 Å². The third-order valence-corrected chi connectivity index (χ3v) is 5.41. The second kappa shape index (κ2) is 8.00. The summed E-state index contributed by atoms with van der Waals surface area (Å²) in [6.45, 7) is 0. The number of H-pyrrole nitrogens is 1. The van der Waals surface area contributed by atoms with Gasteiger partial charge in [-0.3, -0.25) is 0 Å². The normalized spacial score (nSPS) is 11.1. The summed E-state index contributed by atoms with van der Waals surface area (Å²) in [6, 6.07) is 12.0. The second-order valence-corrected chi connectivity index (χ2v) is 7.29. The van der Waals surface area contributed by atoms with Crippen LogP contribution in [0.2, 0.25) is 0 Å². The number of ether oxygens (including phenoxy) is 3. The Morgan fingerprint density at radius 2 is 1.56 bits per heavy atom. The number of nitrogens with zero attached hydrogens (tertiary/aromatic N) is 2. The molecule has 0 amide bonds. The van der Waals surface area contributed by atoms with Gasteiger partial charge >= 0.3 is 17.9 Å². The molecule has 0 saturated heterocycles. The fourth-order valence-electron chi connectivity index (χ4n) is 3.87. The second-order valence-electron chi connectivity index (χ2n) is 7.29. The first-order chi connectivity index (χ1) is 16.5. The van der Waals surface area contributed by atoms with E-state index in [0.29, 0.717) is 38.8 Å². The lowest BCUT2D eigenvalue weighted by molar-refractivity contribution is 0.0583. The molecule has 170 valence electrons. The van der Waals surface area contributed by atoms with Crippen molar-refractivity contribution in [2.75, 3.05) is 21.3 Å². The third-order valence-electron chi connectivity index (χ3n) is 5.41. The minimum absolute atomic E-state index is 0.0000543. The molecular weight excluding hydrogens is 442 g/mol. The molecule has 10 heteroatoms. The molecule has 0 unspecified atom stereocenters. The van der Waals surface area contributed by atoms with Crippen LogP contribution in [0.15, 0.2) is 46.9 Å². The zero-order valence-electron chi connectivity index (χ0n) is 18.3. The van der Waals surface area contributed by atoms with E-state index in [9.17, 15) is 14.4 Å². The van der Waals surface area contributed by atoms with Gasteiger partial charge in [0.25, 0.3) is 0 Å². The Kier molecular flexibility index (Phi) is 4.97. The summed E-state index contributed by atoms with van der Waals surface area (Å²) in [7, 11) is 3.69. The van der Waals surface area contributed by atoms with Crippen LogP contribution < -0.4 is 0 Å². The van der Waals surface area contributed by atoms with Crippen LogP contribution in [0.4, 0.5) is 0 Å². The molecule has 0 fully saturated rings. The van der Waals surface area contributed by atoms with Gasteiger partial charge in [-0.1, -0.05) is 18.2 Å². The average Bonchev–Trinajstić information content (AvgIpc) is 3.52. The highest BCUT2D eigenvalue weighted by Gasteiger charge is 2.26. The van der Waals surface area contributed by atoms with Gasteiger partial charge in [0.2, 0.25) is 5.89 Å². The van der Waals surface area contributed by atoms with Gasteiger partial charge in [0.15, 0.2) is 5.58 Å². The molecule has 0 bridgehead atoms. The van der Waals surface area contributed by atoms with Crippen LogP contribution in [-0.2, 0) is 14.2 Å². The van der Waals surface area contributed by atoms with Crippen molar-refractivity contribution in [3.8, 4) is 11.5 Å². The molecule has 5 aromatic rings. The van der Waals surface area contributed by atoms with Crippen LogP contribution in [0, 0.1) is 0 Å². The molecule has 0 aliphatic carbocycles. The summed E-state index contributed by atoms with van der Waals surface area (Å²) in [5.74, 6) is -1.76. The number of fused-ring (bicyclic) bond motifs is 6. The van der Waals surface area contributed by atoms with E-state index in [1.54, 1.807) is 0 Å².